The third-order valence-corrected chi connectivity index (χ3v) is 2.52. The van der Waals surface area contributed by atoms with Gasteiger partial charge in [0.2, 0.25) is 0 Å². The molecule has 0 atom stereocenters. The van der Waals surface area contributed by atoms with Crippen LogP contribution in [0.1, 0.15) is 6.42 Å². The molecule has 2 nitrogen and oxygen atoms in total. The molecule has 2 saturated heterocycles. The molecule has 0 unspecified atom stereocenters. The van der Waals surface area contributed by atoms with Crippen LogP contribution in [-0.2, 0) is 0 Å². The molecule has 2 heterocycles. The topological polar surface area (TPSA) is 15.3 Å². The average Bonchev–Trinajstić information content (AvgIpc) is 2.09. The number of nitrogens with one attached hydrogen (secondary N) is 1. The Balaban J connectivity index is 1.99. The number of hydrogen-bond acceptors (Lipinski definition) is 2. The van der Waals surface area contributed by atoms with Gasteiger partial charge in [-0.25, -0.2) is 0 Å². The fraction of sp³-hybridized carbons (Fsp3) is 0.857. The lowest BCUT2D eigenvalue weighted by Gasteiger charge is -2.40. The molecule has 0 amide bonds. The Hall–Kier alpha value is -0.0800. The summed E-state index contributed by atoms with van der Waals surface area (Å²) in [5, 5.41) is 3.31. The highest BCUT2D eigenvalue weighted by molar-refractivity contribution is 4.99. The van der Waals surface area contributed by atoms with Gasteiger partial charge in [-0.3, -0.25) is 7.05 Å². The molecule has 0 aromatic heterocycles. The van der Waals surface area contributed by atoms with Gasteiger partial charge in [0.25, 0.3) is 0 Å². The highest BCUT2D eigenvalue weighted by Crippen LogP contribution is 2.33. The number of rotatable bonds is 0. The van der Waals surface area contributed by atoms with Crippen molar-refractivity contribution in [1.82, 2.24) is 10.2 Å². The van der Waals surface area contributed by atoms with Gasteiger partial charge in [0.1, 0.15) is 0 Å². The van der Waals surface area contributed by atoms with E-state index in [4.69, 9.17) is 0 Å². The van der Waals surface area contributed by atoms with E-state index in [-0.39, 0.29) is 0 Å². The van der Waals surface area contributed by atoms with E-state index in [1.807, 2.05) is 0 Å². The second-order valence-electron chi connectivity index (χ2n) is 3.41. The SMILES string of the molecule is [CH2-]N1CCC2(CNC2)C1. The van der Waals surface area contributed by atoms with Crippen LogP contribution in [0.25, 0.3) is 0 Å². The first kappa shape index (κ1) is 5.69. The molecule has 2 fully saturated rings. The Morgan fingerprint density at radius 1 is 1.44 bits per heavy atom. The molecule has 1 N–H and O–H groups in total. The Bertz CT molecular complexity index is 118. The molecule has 2 rings (SSSR count). The first-order chi connectivity index (χ1) is 4.31. The van der Waals surface area contributed by atoms with Crippen molar-refractivity contribution in [2.75, 3.05) is 26.2 Å². The van der Waals surface area contributed by atoms with Gasteiger partial charge in [-0.15, -0.1) is 0 Å². The predicted octanol–water partition coefficient (Wildman–Crippen LogP) is 0.0733. The van der Waals surface area contributed by atoms with Gasteiger partial charge in [0, 0.05) is 18.5 Å². The summed E-state index contributed by atoms with van der Waals surface area (Å²) in [5.74, 6) is 0. The Morgan fingerprint density at radius 3 is 2.44 bits per heavy atom. The van der Waals surface area contributed by atoms with Gasteiger partial charge in [-0.05, 0) is 19.5 Å². The van der Waals surface area contributed by atoms with Crippen molar-refractivity contribution in [2.24, 2.45) is 5.41 Å². The standard InChI is InChI=1S/C7H13N2/c1-9-3-2-7(6-9)4-8-5-7/h8H,1-6H2/q-1. The van der Waals surface area contributed by atoms with Gasteiger partial charge in [0.15, 0.2) is 0 Å². The molecule has 2 aliphatic heterocycles. The monoisotopic (exact) mass is 125 g/mol. The second kappa shape index (κ2) is 1.70. The molecule has 0 bridgehead atoms. The van der Waals surface area contributed by atoms with Crippen LogP contribution in [-0.4, -0.2) is 31.1 Å². The molecule has 0 aromatic rings. The van der Waals surface area contributed by atoms with Gasteiger partial charge in [0.05, 0.1) is 0 Å². The molecule has 0 aromatic carbocycles. The maximum Gasteiger partial charge on any atom is 0.00668 e. The lowest BCUT2D eigenvalue weighted by atomic mass is 9.81. The zero-order chi connectivity index (χ0) is 6.32. The van der Waals surface area contributed by atoms with E-state index in [9.17, 15) is 0 Å². The van der Waals surface area contributed by atoms with Crippen molar-refractivity contribution in [2.45, 2.75) is 6.42 Å². The van der Waals surface area contributed by atoms with E-state index in [0.717, 1.165) is 0 Å². The first-order valence-electron chi connectivity index (χ1n) is 3.57. The number of nitrogens with zero attached hydrogens (tertiary/aromatic N) is 1. The lowest BCUT2D eigenvalue weighted by molar-refractivity contribution is 0.181. The zero-order valence-electron chi connectivity index (χ0n) is 5.69. The van der Waals surface area contributed by atoms with Crippen molar-refractivity contribution in [3.63, 3.8) is 0 Å². The number of likely N-dealkylation sites (tertiary alicyclic amines) is 1. The summed E-state index contributed by atoms with van der Waals surface area (Å²) >= 11 is 0. The van der Waals surface area contributed by atoms with E-state index < -0.39 is 0 Å². The van der Waals surface area contributed by atoms with Crippen molar-refractivity contribution in [3.8, 4) is 0 Å². The van der Waals surface area contributed by atoms with E-state index >= 15 is 0 Å². The van der Waals surface area contributed by atoms with Crippen LogP contribution in [0.15, 0.2) is 0 Å². The summed E-state index contributed by atoms with van der Waals surface area (Å²) < 4.78 is 0. The quantitative estimate of drug-likeness (QED) is 0.461. The summed E-state index contributed by atoms with van der Waals surface area (Å²) in [6.45, 7) is 4.85. The van der Waals surface area contributed by atoms with Crippen LogP contribution in [0, 0.1) is 12.5 Å². The molecular formula is C7H13N2-. The fourth-order valence-electron chi connectivity index (χ4n) is 1.79. The van der Waals surface area contributed by atoms with Crippen LogP contribution < -0.4 is 5.32 Å². The molecule has 0 saturated carbocycles. The highest BCUT2D eigenvalue weighted by Gasteiger charge is 2.39. The summed E-state index contributed by atoms with van der Waals surface area (Å²) in [4.78, 5) is 2.18. The first-order valence-corrected chi connectivity index (χ1v) is 3.57. The molecule has 0 radical (unpaired) electrons. The second-order valence-corrected chi connectivity index (χ2v) is 3.41. The third kappa shape index (κ3) is 0.775. The van der Waals surface area contributed by atoms with Crippen molar-refractivity contribution in [1.29, 1.82) is 0 Å². The van der Waals surface area contributed by atoms with Gasteiger partial charge in [-0.2, -0.15) is 0 Å². The summed E-state index contributed by atoms with van der Waals surface area (Å²) in [5.41, 5.74) is 0.641. The Labute approximate surface area is 56.2 Å². The third-order valence-electron chi connectivity index (χ3n) is 2.52. The number of hydrogen-bond donors (Lipinski definition) is 1. The minimum Gasteiger partial charge on any atom is -0.459 e. The maximum atomic E-state index is 3.92. The highest BCUT2D eigenvalue weighted by atomic mass is 15.2. The molecular weight excluding hydrogens is 112 g/mol. The van der Waals surface area contributed by atoms with Gasteiger partial charge >= 0.3 is 0 Å². The molecule has 9 heavy (non-hydrogen) atoms. The maximum absolute atomic E-state index is 3.92. The summed E-state index contributed by atoms with van der Waals surface area (Å²) in [7, 11) is 3.92. The smallest absolute Gasteiger partial charge is 0.00668 e. The minimum atomic E-state index is 0.641. The van der Waals surface area contributed by atoms with Crippen LogP contribution in [0.4, 0.5) is 0 Å². The molecule has 2 aliphatic rings. The lowest BCUT2D eigenvalue weighted by Crippen LogP contribution is -2.54. The zero-order valence-corrected chi connectivity index (χ0v) is 5.69. The van der Waals surface area contributed by atoms with Crippen molar-refractivity contribution in [3.05, 3.63) is 7.05 Å². The van der Waals surface area contributed by atoms with Crippen LogP contribution >= 0.6 is 0 Å². The van der Waals surface area contributed by atoms with E-state index in [0.29, 0.717) is 5.41 Å². The molecule has 1 spiro atoms. The van der Waals surface area contributed by atoms with E-state index in [2.05, 4.69) is 17.3 Å². The van der Waals surface area contributed by atoms with Crippen molar-refractivity contribution < 1.29 is 0 Å². The summed E-state index contributed by atoms with van der Waals surface area (Å²) in [6.07, 6.45) is 1.35. The molecule has 0 aliphatic carbocycles. The van der Waals surface area contributed by atoms with Crippen LogP contribution in [0.5, 0.6) is 0 Å². The van der Waals surface area contributed by atoms with E-state index in [1.54, 1.807) is 0 Å². The van der Waals surface area contributed by atoms with Gasteiger partial charge in [-0.1, -0.05) is 0 Å². The predicted molar refractivity (Wildman–Crippen MR) is 36.8 cm³/mol. The Kier molecular flexibility index (Phi) is 1.08. The summed E-state index contributed by atoms with van der Waals surface area (Å²) in [6, 6.07) is 0. The Morgan fingerprint density at radius 2 is 2.22 bits per heavy atom. The minimum absolute atomic E-state index is 0.641. The normalized spacial score (nSPS) is 33.0. The molecule has 2 heteroatoms. The average molecular weight is 125 g/mol. The largest absolute Gasteiger partial charge is 0.459 e. The van der Waals surface area contributed by atoms with Crippen LogP contribution in [0.3, 0.4) is 0 Å². The van der Waals surface area contributed by atoms with E-state index in [1.165, 1.54) is 32.6 Å². The molecule has 52 valence electrons. The van der Waals surface area contributed by atoms with Crippen molar-refractivity contribution >= 4 is 0 Å². The van der Waals surface area contributed by atoms with Gasteiger partial charge < -0.3 is 10.2 Å². The fourth-order valence-corrected chi connectivity index (χ4v) is 1.79. The van der Waals surface area contributed by atoms with Crippen LogP contribution in [0.2, 0.25) is 0 Å².